The summed E-state index contributed by atoms with van der Waals surface area (Å²) in [6, 6.07) is 15.3. The van der Waals surface area contributed by atoms with Crippen molar-refractivity contribution in [1.82, 2.24) is 14.8 Å². The number of carbonyl (C=O) groups excluding carboxylic acids is 1. The van der Waals surface area contributed by atoms with Crippen LogP contribution in [0.25, 0.3) is 5.69 Å². The summed E-state index contributed by atoms with van der Waals surface area (Å²) >= 11 is 0. The zero-order valence-corrected chi connectivity index (χ0v) is 14.5. The summed E-state index contributed by atoms with van der Waals surface area (Å²) in [4.78, 5) is 18.3. The summed E-state index contributed by atoms with van der Waals surface area (Å²) in [6.07, 6.45) is 2.53. The Morgan fingerprint density at radius 1 is 1.12 bits per heavy atom. The maximum atomic E-state index is 12.6. The zero-order chi connectivity index (χ0) is 17.8. The second kappa shape index (κ2) is 7.17. The highest BCUT2D eigenvalue weighted by Gasteiger charge is 2.18. The highest BCUT2D eigenvalue weighted by atomic mass is 16.5. The van der Waals surface area contributed by atoms with E-state index in [2.05, 4.69) is 17.0 Å². The van der Waals surface area contributed by atoms with E-state index in [-0.39, 0.29) is 11.7 Å². The lowest BCUT2D eigenvalue weighted by atomic mass is 10.1. The Labute approximate surface area is 146 Å². The molecule has 1 amide bonds. The third kappa shape index (κ3) is 3.52. The Morgan fingerprint density at radius 2 is 1.80 bits per heavy atom. The van der Waals surface area contributed by atoms with Crippen LogP contribution >= 0.6 is 0 Å². The van der Waals surface area contributed by atoms with E-state index in [9.17, 15) is 4.79 Å². The predicted molar refractivity (Wildman–Crippen MR) is 96.5 cm³/mol. The Hall–Kier alpha value is -3.15. The van der Waals surface area contributed by atoms with Gasteiger partial charge in [0.1, 0.15) is 12.1 Å². The molecule has 3 aromatic rings. The quantitative estimate of drug-likeness (QED) is 0.718. The molecular weight excluding hydrogens is 316 g/mol. The predicted octanol–water partition coefficient (Wildman–Crippen LogP) is 3.11. The van der Waals surface area contributed by atoms with Gasteiger partial charge in [-0.15, -0.1) is 5.10 Å². The highest BCUT2D eigenvalue weighted by molar-refractivity contribution is 6.03. The van der Waals surface area contributed by atoms with Crippen LogP contribution in [-0.4, -0.2) is 34.8 Å². The van der Waals surface area contributed by atoms with Crippen LogP contribution < -0.4 is 9.64 Å². The van der Waals surface area contributed by atoms with Crippen LogP contribution in [-0.2, 0) is 6.42 Å². The van der Waals surface area contributed by atoms with Crippen molar-refractivity contribution in [1.29, 1.82) is 0 Å². The third-order valence-electron chi connectivity index (χ3n) is 4.06. The van der Waals surface area contributed by atoms with Crippen molar-refractivity contribution >= 4 is 11.6 Å². The molecule has 0 spiro atoms. The molecule has 0 saturated heterocycles. The molecule has 0 aliphatic heterocycles. The Balaban J connectivity index is 1.79. The lowest BCUT2D eigenvalue weighted by Crippen LogP contribution is -2.27. The van der Waals surface area contributed by atoms with Gasteiger partial charge in [0.2, 0.25) is 5.82 Å². The van der Waals surface area contributed by atoms with Gasteiger partial charge in [0.25, 0.3) is 5.91 Å². The maximum absolute atomic E-state index is 12.6. The van der Waals surface area contributed by atoms with Crippen molar-refractivity contribution in [2.75, 3.05) is 19.1 Å². The van der Waals surface area contributed by atoms with Crippen LogP contribution in [0.5, 0.6) is 5.75 Å². The number of aryl methyl sites for hydroxylation is 1. The van der Waals surface area contributed by atoms with Crippen molar-refractivity contribution < 1.29 is 9.53 Å². The summed E-state index contributed by atoms with van der Waals surface area (Å²) in [6.45, 7) is 2.11. The molecule has 6 heteroatoms. The molecule has 0 atom stereocenters. The van der Waals surface area contributed by atoms with E-state index in [0.29, 0.717) is 0 Å². The average Bonchev–Trinajstić information content (AvgIpc) is 3.17. The topological polar surface area (TPSA) is 60.2 Å². The van der Waals surface area contributed by atoms with Gasteiger partial charge in [-0.25, -0.2) is 9.67 Å². The van der Waals surface area contributed by atoms with E-state index in [0.717, 1.165) is 23.5 Å². The SMILES string of the molecule is CCc1ccc(-n2cnc(C(=O)N(C)c3ccc(OC)cc3)n2)cc1. The van der Waals surface area contributed by atoms with Crippen LogP contribution in [0.4, 0.5) is 5.69 Å². The third-order valence-corrected chi connectivity index (χ3v) is 4.06. The van der Waals surface area contributed by atoms with Crippen molar-refractivity contribution in [3.05, 3.63) is 66.2 Å². The van der Waals surface area contributed by atoms with Crippen LogP contribution in [0.15, 0.2) is 54.9 Å². The summed E-state index contributed by atoms with van der Waals surface area (Å²) < 4.78 is 6.74. The van der Waals surface area contributed by atoms with Gasteiger partial charge < -0.3 is 9.64 Å². The molecule has 0 aliphatic carbocycles. The van der Waals surface area contributed by atoms with Crippen molar-refractivity contribution in [3.63, 3.8) is 0 Å². The largest absolute Gasteiger partial charge is 0.497 e. The number of ether oxygens (including phenoxy) is 1. The number of benzene rings is 2. The fourth-order valence-electron chi connectivity index (χ4n) is 2.44. The minimum Gasteiger partial charge on any atom is -0.497 e. The molecule has 25 heavy (non-hydrogen) atoms. The minimum atomic E-state index is -0.269. The van der Waals surface area contributed by atoms with E-state index in [1.807, 2.05) is 36.4 Å². The van der Waals surface area contributed by atoms with Gasteiger partial charge in [-0.1, -0.05) is 19.1 Å². The molecule has 0 saturated carbocycles. The average molecular weight is 336 g/mol. The minimum absolute atomic E-state index is 0.151. The van der Waals surface area contributed by atoms with Gasteiger partial charge in [0, 0.05) is 12.7 Å². The molecule has 0 radical (unpaired) electrons. The van der Waals surface area contributed by atoms with Gasteiger partial charge >= 0.3 is 0 Å². The van der Waals surface area contributed by atoms with Gasteiger partial charge in [0.05, 0.1) is 12.8 Å². The summed E-state index contributed by atoms with van der Waals surface area (Å²) in [7, 11) is 3.30. The molecular formula is C19H20N4O2. The number of hydrogen-bond acceptors (Lipinski definition) is 4. The number of rotatable bonds is 5. The highest BCUT2D eigenvalue weighted by Crippen LogP contribution is 2.19. The lowest BCUT2D eigenvalue weighted by molar-refractivity contribution is 0.0983. The molecule has 3 rings (SSSR count). The molecule has 0 fully saturated rings. The first kappa shape index (κ1) is 16.7. The van der Waals surface area contributed by atoms with Crippen molar-refractivity contribution in [2.45, 2.75) is 13.3 Å². The molecule has 6 nitrogen and oxygen atoms in total. The zero-order valence-electron chi connectivity index (χ0n) is 14.5. The van der Waals surface area contributed by atoms with Crippen molar-refractivity contribution in [3.8, 4) is 11.4 Å². The number of hydrogen-bond donors (Lipinski definition) is 0. The second-order valence-electron chi connectivity index (χ2n) is 5.59. The van der Waals surface area contributed by atoms with Crippen LogP contribution in [0.2, 0.25) is 0 Å². The molecule has 128 valence electrons. The Bertz CT molecular complexity index is 854. The second-order valence-corrected chi connectivity index (χ2v) is 5.59. The van der Waals surface area contributed by atoms with E-state index in [1.165, 1.54) is 10.5 Å². The van der Waals surface area contributed by atoms with Gasteiger partial charge in [-0.2, -0.15) is 0 Å². The van der Waals surface area contributed by atoms with Gasteiger partial charge in [0.15, 0.2) is 0 Å². The Morgan fingerprint density at radius 3 is 2.40 bits per heavy atom. The van der Waals surface area contributed by atoms with Gasteiger partial charge in [-0.05, 0) is 48.4 Å². The monoisotopic (exact) mass is 336 g/mol. The lowest BCUT2D eigenvalue weighted by Gasteiger charge is -2.15. The summed E-state index contributed by atoms with van der Waals surface area (Å²) in [5.74, 6) is 0.620. The number of nitrogens with zero attached hydrogens (tertiary/aromatic N) is 4. The summed E-state index contributed by atoms with van der Waals surface area (Å²) in [5.41, 5.74) is 2.87. The standard InChI is InChI=1S/C19H20N4O2/c1-4-14-5-7-16(8-6-14)23-13-20-18(21-23)19(24)22(2)15-9-11-17(25-3)12-10-15/h5-13H,4H2,1-3H3. The first-order valence-electron chi connectivity index (χ1n) is 8.05. The molecule has 0 N–H and O–H groups in total. The molecule has 1 aromatic heterocycles. The number of carbonyl (C=O) groups is 1. The van der Waals surface area contributed by atoms with E-state index in [1.54, 1.807) is 37.3 Å². The van der Waals surface area contributed by atoms with Crippen LogP contribution in [0, 0.1) is 0 Å². The van der Waals surface area contributed by atoms with Crippen LogP contribution in [0.3, 0.4) is 0 Å². The molecule has 2 aromatic carbocycles. The van der Waals surface area contributed by atoms with Crippen molar-refractivity contribution in [2.24, 2.45) is 0 Å². The normalized spacial score (nSPS) is 10.5. The molecule has 0 unspecified atom stereocenters. The number of amides is 1. The van der Waals surface area contributed by atoms with Gasteiger partial charge in [-0.3, -0.25) is 4.79 Å². The summed E-state index contributed by atoms with van der Waals surface area (Å²) in [5, 5.41) is 4.31. The fourth-order valence-corrected chi connectivity index (χ4v) is 2.44. The first-order valence-corrected chi connectivity index (χ1v) is 8.05. The molecule has 0 aliphatic rings. The molecule has 0 bridgehead atoms. The maximum Gasteiger partial charge on any atom is 0.297 e. The van der Waals surface area contributed by atoms with E-state index >= 15 is 0 Å². The first-order chi connectivity index (χ1) is 12.1. The molecule has 1 heterocycles. The Kier molecular flexibility index (Phi) is 4.79. The number of methoxy groups -OCH3 is 1. The number of aromatic nitrogens is 3. The van der Waals surface area contributed by atoms with Crippen LogP contribution in [0.1, 0.15) is 23.1 Å². The fraction of sp³-hybridized carbons (Fsp3) is 0.211. The van der Waals surface area contributed by atoms with E-state index in [4.69, 9.17) is 4.74 Å². The number of anilines is 1. The van der Waals surface area contributed by atoms with E-state index < -0.39 is 0 Å². The smallest absolute Gasteiger partial charge is 0.297 e.